The van der Waals surface area contributed by atoms with Gasteiger partial charge in [-0.15, -0.1) is 0 Å². The Labute approximate surface area is 162 Å². The number of benzene rings is 1. The zero-order valence-electron chi connectivity index (χ0n) is 17.0. The molecule has 0 heterocycles. The van der Waals surface area contributed by atoms with E-state index in [1.807, 2.05) is 18.2 Å². The van der Waals surface area contributed by atoms with E-state index in [0.717, 1.165) is 17.9 Å². The summed E-state index contributed by atoms with van der Waals surface area (Å²) in [6, 6.07) is 7.92. The molecule has 0 aliphatic rings. The molecule has 1 aromatic carbocycles. The minimum absolute atomic E-state index is 0.435. The standard InChI is InChI=1S/C22H39O3P/c1-4-7-9-10-11-15-20(18-19(6-3)14-8-5-2)21-16-12-13-17-22(21)25-26(23)24/h12-13,16-17,19-20,23-24H,4-11,14-15,18H2,1-3H3. The fraction of sp³-hybridized carbons (Fsp3) is 0.727. The Balaban J connectivity index is 2.85. The third kappa shape index (κ3) is 9.35. The maximum Gasteiger partial charge on any atom is 0.391 e. The first-order valence-corrected chi connectivity index (χ1v) is 11.7. The molecule has 0 amide bonds. The van der Waals surface area contributed by atoms with Crippen molar-refractivity contribution in [2.45, 2.75) is 97.3 Å². The van der Waals surface area contributed by atoms with Gasteiger partial charge in [-0.1, -0.05) is 96.8 Å². The zero-order valence-corrected chi connectivity index (χ0v) is 17.9. The second kappa shape index (κ2) is 14.4. The highest BCUT2D eigenvalue weighted by Crippen LogP contribution is 2.40. The first-order valence-electron chi connectivity index (χ1n) is 10.6. The summed E-state index contributed by atoms with van der Waals surface area (Å²) < 4.78 is 5.34. The predicted octanol–water partition coefficient (Wildman–Crippen LogP) is 7.33. The second-order valence-corrected chi connectivity index (χ2v) is 8.12. The van der Waals surface area contributed by atoms with Crippen LogP contribution < -0.4 is 4.52 Å². The highest BCUT2D eigenvalue weighted by Gasteiger charge is 2.21. The summed E-state index contributed by atoms with van der Waals surface area (Å²) in [6.45, 7) is 6.80. The molecular weight excluding hydrogens is 343 g/mol. The summed E-state index contributed by atoms with van der Waals surface area (Å²) >= 11 is 0. The van der Waals surface area contributed by atoms with E-state index >= 15 is 0 Å². The van der Waals surface area contributed by atoms with Gasteiger partial charge >= 0.3 is 8.60 Å². The lowest BCUT2D eigenvalue weighted by atomic mass is 9.82. The topological polar surface area (TPSA) is 49.7 Å². The fourth-order valence-electron chi connectivity index (χ4n) is 3.77. The Morgan fingerprint density at radius 2 is 1.58 bits per heavy atom. The van der Waals surface area contributed by atoms with Crippen molar-refractivity contribution in [1.29, 1.82) is 0 Å². The van der Waals surface area contributed by atoms with Crippen LogP contribution in [0.4, 0.5) is 0 Å². The second-order valence-electron chi connectivity index (χ2n) is 7.43. The lowest BCUT2D eigenvalue weighted by molar-refractivity contribution is 0.353. The number of hydrogen-bond acceptors (Lipinski definition) is 3. The maximum atomic E-state index is 9.33. The third-order valence-corrected chi connectivity index (χ3v) is 5.72. The maximum absolute atomic E-state index is 9.33. The Kier molecular flexibility index (Phi) is 13.0. The van der Waals surface area contributed by atoms with Crippen LogP contribution >= 0.6 is 8.60 Å². The predicted molar refractivity (Wildman–Crippen MR) is 112 cm³/mol. The molecule has 0 spiro atoms. The van der Waals surface area contributed by atoms with Gasteiger partial charge in [-0.05, 0) is 36.3 Å². The highest BCUT2D eigenvalue weighted by molar-refractivity contribution is 7.39. The van der Waals surface area contributed by atoms with Gasteiger partial charge in [0.2, 0.25) is 0 Å². The average molecular weight is 383 g/mol. The van der Waals surface area contributed by atoms with Crippen molar-refractivity contribution < 1.29 is 14.3 Å². The van der Waals surface area contributed by atoms with Crippen LogP contribution in [0.5, 0.6) is 5.75 Å². The largest absolute Gasteiger partial charge is 0.427 e. The lowest BCUT2D eigenvalue weighted by Gasteiger charge is -2.25. The normalized spacial score (nSPS) is 13.8. The molecule has 0 fully saturated rings. The van der Waals surface area contributed by atoms with Gasteiger partial charge in [0.15, 0.2) is 0 Å². The van der Waals surface area contributed by atoms with Crippen molar-refractivity contribution in [1.82, 2.24) is 0 Å². The molecule has 0 bridgehead atoms. The molecular formula is C22H39O3P. The van der Waals surface area contributed by atoms with Crippen molar-refractivity contribution in [3.63, 3.8) is 0 Å². The van der Waals surface area contributed by atoms with Gasteiger partial charge in [0.1, 0.15) is 5.75 Å². The summed E-state index contributed by atoms with van der Waals surface area (Å²) in [4.78, 5) is 18.7. The molecule has 0 radical (unpaired) electrons. The van der Waals surface area contributed by atoms with Gasteiger partial charge in [-0.25, -0.2) is 0 Å². The van der Waals surface area contributed by atoms with Gasteiger partial charge in [-0.3, -0.25) is 0 Å². The minimum atomic E-state index is -2.37. The molecule has 0 saturated heterocycles. The van der Waals surface area contributed by atoms with E-state index in [0.29, 0.717) is 11.7 Å². The first-order chi connectivity index (χ1) is 12.6. The minimum Gasteiger partial charge on any atom is -0.427 e. The molecule has 2 atom stereocenters. The molecule has 0 saturated carbocycles. The van der Waals surface area contributed by atoms with Crippen LogP contribution in [0.25, 0.3) is 0 Å². The van der Waals surface area contributed by atoms with E-state index in [1.54, 1.807) is 0 Å². The molecule has 1 aromatic rings. The lowest BCUT2D eigenvalue weighted by Crippen LogP contribution is -2.09. The first kappa shape index (κ1) is 23.4. The number of hydrogen-bond donors (Lipinski definition) is 2. The van der Waals surface area contributed by atoms with Crippen molar-refractivity contribution in [2.75, 3.05) is 0 Å². The van der Waals surface area contributed by atoms with Crippen molar-refractivity contribution in [3.05, 3.63) is 29.8 Å². The molecule has 1 rings (SSSR count). The van der Waals surface area contributed by atoms with E-state index in [9.17, 15) is 9.79 Å². The van der Waals surface area contributed by atoms with Crippen LogP contribution in [-0.2, 0) is 0 Å². The number of unbranched alkanes of at least 4 members (excludes halogenated alkanes) is 5. The van der Waals surface area contributed by atoms with Crippen LogP contribution in [0.2, 0.25) is 0 Å². The van der Waals surface area contributed by atoms with Crippen molar-refractivity contribution in [2.24, 2.45) is 5.92 Å². The van der Waals surface area contributed by atoms with Gasteiger partial charge in [0, 0.05) is 0 Å². The van der Waals surface area contributed by atoms with Crippen LogP contribution in [0.1, 0.15) is 103 Å². The summed E-state index contributed by atoms with van der Waals surface area (Å²) in [7, 11) is -2.37. The summed E-state index contributed by atoms with van der Waals surface area (Å²) in [5.41, 5.74) is 1.15. The third-order valence-electron chi connectivity index (χ3n) is 5.36. The van der Waals surface area contributed by atoms with E-state index in [4.69, 9.17) is 4.52 Å². The Morgan fingerprint density at radius 1 is 0.885 bits per heavy atom. The van der Waals surface area contributed by atoms with Crippen LogP contribution in [0.15, 0.2) is 24.3 Å². The SMILES string of the molecule is CCCCCCCC(CC(CC)CCCC)c1ccccc1OP(O)O. The van der Waals surface area contributed by atoms with E-state index in [-0.39, 0.29) is 0 Å². The molecule has 150 valence electrons. The van der Waals surface area contributed by atoms with Crippen LogP contribution in [0.3, 0.4) is 0 Å². The number of para-hydroxylation sites is 1. The van der Waals surface area contributed by atoms with Crippen LogP contribution in [-0.4, -0.2) is 9.79 Å². The smallest absolute Gasteiger partial charge is 0.391 e. The Hall–Kier alpha value is -0.630. The molecule has 2 N–H and O–H groups in total. The van der Waals surface area contributed by atoms with Crippen molar-refractivity contribution in [3.8, 4) is 5.75 Å². The molecule has 26 heavy (non-hydrogen) atoms. The average Bonchev–Trinajstić information content (AvgIpc) is 2.63. The quantitative estimate of drug-likeness (QED) is 0.247. The molecule has 3 nitrogen and oxygen atoms in total. The molecule has 0 aromatic heterocycles. The van der Waals surface area contributed by atoms with E-state index in [1.165, 1.54) is 64.2 Å². The Morgan fingerprint density at radius 3 is 2.23 bits per heavy atom. The van der Waals surface area contributed by atoms with Gasteiger partial charge < -0.3 is 14.3 Å². The van der Waals surface area contributed by atoms with Crippen molar-refractivity contribution >= 4 is 8.60 Å². The Bertz CT molecular complexity index is 464. The summed E-state index contributed by atoms with van der Waals surface area (Å²) in [5.74, 6) is 1.81. The summed E-state index contributed by atoms with van der Waals surface area (Å²) in [6.07, 6.45) is 13.8. The molecule has 4 heteroatoms. The van der Waals surface area contributed by atoms with Gasteiger partial charge in [0.25, 0.3) is 0 Å². The highest BCUT2D eigenvalue weighted by atomic mass is 31.2. The monoisotopic (exact) mass is 382 g/mol. The van der Waals surface area contributed by atoms with Gasteiger partial charge in [-0.2, -0.15) is 0 Å². The van der Waals surface area contributed by atoms with E-state index < -0.39 is 8.60 Å². The molecule has 2 unspecified atom stereocenters. The molecule has 0 aliphatic heterocycles. The van der Waals surface area contributed by atoms with Gasteiger partial charge in [0.05, 0.1) is 0 Å². The zero-order chi connectivity index (χ0) is 19.2. The summed E-state index contributed by atoms with van der Waals surface area (Å²) in [5, 5.41) is 0. The van der Waals surface area contributed by atoms with Crippen LogP contribution in [0, 0.1) is 5.92 Å². The number of rotatable bonds is 15. The molecule has 0 aliphatic carbocycles. The fourth-order valence-corrected chi connectivity index (χ4v) is 4.11. The van der Waals surface area contributed by atoms with E-state index in [2.05, 4.69) is 26.8 Å².